The minimum absolute atomic E-state index is 0.0175. The molecule has 8 heteroatoms. The number of nitrogens with one attached hydrogen (secondary N) is 1. The number of amides is 1. The molecule has 1 heterocycles. The van der Waals surface area contributed by atoms with Gasteiger partial charge < -0.3 is 10.1 Å². The van der Waals surface area contributed by atoms with Crippen molar-refractivity contribution in [3.63, 3.8) is 0 Å². The minimum atomic E-state index is -0.484. The van der Waals surface area contributed by atoms with E-state index >= 15 is 0 Å². The van der Waals surface area contributed by atoms with Crippen LogP contribution in [0.25, 0.3) is 6.08 Å². The molecule has 7 nitrogen and oxygen atoms in total. The van der Waals surface area contributed by atoms with E-state index in [4.69, 9.17) is 4.74 Å². The fourth-order valence-corrected chi connectivity index (χ4v) is 3.75. The molecule has 1 aromatic heterocycles. The van der Waals surface area contributed by atoms with E-state index in [0.29, 0.717) is 22.5 Å². The van der Waals surface area contributed by atoms with Gasteiger partial charge in [0.1, 0.15) is 5.00 Å². The molecule has 0 saturated heterocycles. The maximum absolute atomic E-state index is 12.5. The zero-order valence-corrected chi connectivity index (χ0v) is 17.0. The van der Waals surface area contributed by atoms with E-state index in [-0.39, 0.29) is 11.8 Å². The summed E-state index contributed by atoms with van der Waals surface area (Å²) in [5.74, 6) is -0.855. The van der Waals surface area contributed by atoms with Crippen LogP contribution in [0.15, 0.2) is 30.3 Å². The van der Waals surface area contributed by atoms with Crippen LogP contribution in [0.5, 0.6) is 0 Å². The topological polar surface area (TPSA) is 98.5 Å². The lowest BCUT2D eigenvalue weighted by atomic mass is 10.1. The number of nitro benzene ring substituents is 1. The summed E-state index contributed by atoms with van der Waals surface area (Å²) in [6.07, 6.45) is 3.26. The van der Waals surface area contributed by atoms with Crippen molar-refractivity contribution in [3.05, 3.63) is 62.0 Å². The van der Waals surface area contributed by atoms with Gasteiger partial charge >= 0.3 is 5.97 Å². The number of nitro groups is 1. The lowest BCUT2D eigenvalue weighted by Gasteiger charge is -2.10. The molecule has 0 bridgehead atoms. The first-order chi connectivity index (χ1) is 13.2. The van der Waals surface area contributed by atoms with Gasteiger partial charge in [-0.25, -0.2) is 4.79 Å². The normalized spacial score (nSPS) is 11.0. The number of ether oxygens (including phenoxy) is 1. The second-order valence-electron chi connectivity index (χ2n) is 6.32. The van der Waals surface area contributed by atoms with Gasteiger partial charge in [0.15, 0.2) is 0 Å². The molecule has 0 fully saturated rings. The van der Waals surface area contributed by atoms with Crippen molar-refractivity contribution in [1.82, 2.24) is 0 Å². The number of carbonyl (C=O) groups is 2. The zero-order valence-electron chi connectivity index (χ0n) is 16.1. The Labute approximate surface area is 167 Å². The number of esters is 1. The highest BCUT2D eigenvalue weighted by Crippen LogP contribution is 2.34. The number of nitrogens with zero attached hydrogens (tertiary/aromatic N) is 1. The Morgan fingerprint density at radius 1 is 1.29 bits per heavy atom. The van der Waals surface area contributed by atoms with Gasteiger partial charge in [0, 0.05) is 23.1 Å². The van der Waals surface area contributed by atoms with E-state index in [0.717, 1.165) is 10.4 Å². The molecule has 0 spiro atoms. The molecule has 0 aliphatic carbocycles. The molecule has 0 aliphatic heterocycles. The Bertz CT molecular complexity index is 913. The molecular formula is C20H22N2O5S. The first-order valence-corrected chi connectivity index (χ1v) is 9.61. The lowest BCUT2D eigenvalue weighted by Crippen LogP contribution is -2.16. The highest BCUT2D eigenvalue weighted by molar-refractivity contribution is 7.16. The van der Waals surface area contributed by atoms with Gasteiger partial charge in [0.25, 0.3) is 5.69 Å². The monoisotopic (exact) mass is 402 g/mol. The number of rotatable bonds is 7. The minimum Gasteiger partial charge on any atom is -0.459 e. The summed E-state index contributed by atoms with van der Waals surface area (Å²) >= 11 is 1.33. The van der Waals surface area contributed by atoms with Crippen molar-refractivity contribution < 1.29 is 19.2 Å². The Morgan fingerprint density at radius 3 is 2.46 bits per heavy atom. The van der Waals surface area contributed by atoms with Crippen molar-refractivity contribution in [1.29, 1.82) is 0 Å². The molecular weight excluding hydrogens is 380 g/mol. The Kier molecular flexibility index (Phi) is 7.06. The molecule has 28 heavy (non-hydrogen) atoms. The molecule has 0 saturated carbocycles. The summed E-state index contributed by atoms with van der Waals surface area (Å²) in [6.45, 7) is 7.39. The predicted molar refractivity (Wildman–Crippen MR) is 110 cm³/mol. The molecule has 1 aromatic carbocycles. The summed E-state index contributed by atoms with van der Waals surface area (Å²) in [5, 5.41) is 13.9. The van der Waals surface area contributed by atoms with Crippen molar-refractivity contribution in [2.75, 3.05) is 5.32 Å². The van der Waals surface area contributed by atoms with E-state index in [9.17, 15) is 19.7 Å². The van der Waals surface area contributed by atoms with E-state index in [1.807, 2.05) is 13.8 Å². The Balaban J connectivity index is 2.19. The van der Waals surface area contributed by atoms with Gasteiger partial charge in [-0.3, -0.25) is 14.9 Å². The molecule has 0 aliphatic rings. The molecule has 2 rings (SSSR count). The van der Waals surface area contributed by atoms with E-state index in [1.165, 1.54) is 29.5 Å². The van der Waals surface area contributed by atoms with Crippen LogP contribution < -0.4 is 5.32 Å². The van der Waals surface area contributed by atoms with Gasteiger partial charge in [0.2, 0.25) is 5.91 Å². The fraction of sp³-hybridized carbons (Fsp3) is 0.300. The molecule has 148 valence electrons. The molecule has 0 atom stereocenters. The smallest absolute Gasteiger partial charge is 0.341 e. The standard InChI is InChI=1S/C20H22N2O5S/c1-5-16-13(4)28-19(18(16)20(24)27-12(2)3)21-17(23)11-8-14-6-9-15(10-7-14)22(25)26/h6-12H,5H2,1-4H3,(H,21,23). The number of hydrogen-bond donors (Lipinski definition) is 1. The average molecular weight is 402 g/mol. The SMILES string of the molecule is CCc1c(C)sc(NC(=O)C=Cc2ccc([N+](=O)[O-])cc2)c1C(=O)OC(C)C. The number of non-ortho nitro benzene ring substituents is 1. The number of benzene rings is 1. The number of carbonyl (C=O) groups excluding carboxylic acids is 2. The van der Waals surface area contributed by atoms with Crippen LogP contribution in [0.3, 0.4) is 0 Å². The quantitative estimate of drug-likeness (QED) is 0.312. The number of thiophene rings is 1. The summed E-state index contributed by atoms with van der Waals surface area (Å²) in [7, 11) is 0. The van der Waals surface area contributed by atoms with Crippen molar-refractivity contribution >= 4 is 40.0 Å². The first kappa shape index (κ1) is 21.3. The van der Waals surface area contributed by atoms with Crippen LogP contribution >= 0.6 is 11.3 Å². The summed E-state index contributed by atoms with van der Waals surface area (Å²) in [6, 6.07) is 5.84. The second-order valence-corrected chi connectivity index (χ2v) is 7.54. The molecule has 0 radical (unpaired) electrons. The molecule has 0 unspecified atom stereocenters. The maximum Gasteiger partial charge on any atom is 0.341 e. The van der Waals surface area contributed by atoms with Crippen LogP contribution in [0.1, 0.15) is 47.1 Å². The van der Waals surface area contributed by atoms with Gasteiger partial charge in [-0.05, 0) is 56.5 Å². The third-order valence-electron chi connectivity index (χ3n) is 3.88. The third-order valence-corrected chi connectivity index (χ3v) is 4.94. The summed E-state index contributed by atoms with van der Waals surface area (Å²) in [4.78, 5) is 35.9. The van der Waals surface area contributed by atoms with Gasteiger partial charge in [0.05, 0.1) is 16.6 Å². The highest BCUT2D eigenvalue weighted by atomic mass is 32.1. The third kappa shape index (κ3) is 5.26. The number of hydrogen-bond acceptors (Lipinski definition) is 6. The van der Waals surface area contributed by atoms with Gasteiger partial charge in [-0.1, -0.05) is 6.92 Å². The largest absolute Gasteiger partial charge is 0.459 e. The van der Waals surface area contributed by atoms with E-state index in [2.05, 4.69) is 5.32 Å². The van der Waals surface area contributed by atoms with Gasteiger partial charge in [-0.15, -0.1) is 11.3 Å². The van der Waals surface area contributed by atoms with Crippen molar-refractivity contribution in [2.24, 2.45) is 0 Å². The van der Waals surface area contributed by atoms with Crippen LogP contribution in [0, 0.1) is 17.0 Å². The maximum atomic E-state index is 12.5. The lowest BCUT2D eigenvalue weighted by molar-refractivity contribution is -0.384. The Morgan fingerprint density at radius 2 is 1.93 bits per heavy atom. The number of aryl methyl sites for hydroxylation is 1. The van der Waals surface area contributed by atoms with Gasteiger partial charge in [-0.2, -0.15) is 0 Å². The second kappa shape index (κ2) is 9.27. The van der Waals surface area contributed by atoms with Crippen LogP contribution in [-0.4, -0.2) is 22.9 Å². The fourth-order valence-electron chi connectivity index (χ4n) is 2.61. The zero-order chi connectivity index (χ0) is 20.8. The number of anilines is 1. The first-order valence-electron chi connectivity index (χ1n) is 8.79. The highest BCUT2D eigenvalue weighted by Gasteiger charge is 2.23. The predicted octanol–water partition coefficient (Wildman–Crippen LogP) is 4.74. The summed E-state index contributed by atoms with van der Waals surface area (Å²) < 4.78 is 5.32. The van der Waals surface area contributed by atoms with Crippen LogP contribution in [0.4, 0.5) is 10.7 Å². The molecule has 2 aromatic rings. The van der Waals surface area contributed by atoms with Crippen molar-refractivity contribution in [2.45, 2.75) is 40.2 Å². The average Bonchev–Trinajstić information content (AvgIpc) is 2.94. The Hall–Kier alpha value is -3.00. The molecule has 1 amide bonds. The van der Waals surface area contributed by atoms with Crippen molar-refractivity contribution in [3.8, 4) is 0 Å². The van der Waals surface area contributed by atoms with E-state index in [1.54, 1.807) is 32.1 Å². The van der Waals surface area contributed by atoms with Crippen LogP contribution in [0.2, 0.25) is 0 Å². The summed E-state index contributed by atoms with van der Waals surface area (Å²) in [5.41, 5.74) is 1.90. The van der Waals surface area contributed by atoms with Crippen LogP contribution in [-0.2, 0) is 16.0 Å². The van der Waals surface area contributed by atoms with E-state index < -0.39 is 16.8 Å². The molecule has 1 N–H and O–H groups in total.